The summed E-state index contributed by atoms with van der Waals surface area (Å²) in [5.74, 6) is 0.787. The predicted molar refractivity (Wildman–Crippen MR) is 68.9 cm³/mol. The van der Waals surface area contributed by atoms with Crippen LogP contribution in [-0.4, -0.2) is 19.8 Å². The summed E-state index contributed by atoms with van der Waals surface area (Å²) in [4.78, 5) is 0. The van der Waals surface area contributed by atoms with Crippen molar-refractivity contribution in [1.29, 1.82) is 0 Å². The van der Waals surface area contributed by atoms with Gasteiger partial charge < -0.3 is 9.47 Å². The topological polar surface area (TPSA) is 18.5 Å². The van der Waals surface area contributed by atoms with Gasteiger partial charge in [0.25, 0.3) is 0 Å². The maximum Gasteiger partial charge on any atom is 0.128 e. The molecule has 1 aromatic carbocycles. The molecule has 17 heavy (non-hydrogen) atoms. The summed E-state index contributed by atoms with van der Waals surface area (Å²) in [7, 11) is 3.58. The molecule has 0 amide bonds. The van der Waals surface area contributed by atoms with E-state index in [-0.39, 0.29) is 11.2 Å². The fourth-order valence-electron chi connectivity index (χ4n) is 3.73. The number of benzene rings is 1. The molecule has 0 aromatic heterocycles. The molecular formula is C15H22O2. The molecule has 0 bridgehead atoms. The van der Waals surface area contributed by atoms with Gasteiger partial charge in [0.2, 0.25) is 0 Å². The van der Waals surface area contributed by atoms with Crippen molar-refractivity contribution in [3.63, 3.8) is 0 Å². The van der Waals surface area contributed by atoms with Crippen molar-refractivity contribution in [3.8, 4) is 0 Å². The van der Waals surface area contributed by atoms with Crippen LogP contribution in [0.5, 0.6) is 0 Å². The Labute approximate surface area is 104 Å². The van der Waals surface area contributed by atoms with Crippen LogP contribution in [0, 0.1) is 11.8 Å². The number of hydrogen-bond donors (Lipinski definition) is 0. The summed E-state index contributed by atoms with van der Waals surface area (Å²) in [6.07, 6.45) is 0. The average Bonchev–Trinajstić information content (AvgIpc) is 2.91. The molecule has 0 N–H and O–H groups in total. The Balaban J connectivity index is 2.49. The number of hydrogen-bond acceptors (Lipinski definition) is 2. The molecule has 3 atom stereocenters. The lowest BCUT2D eigenvalue weighted by Crippen LogP contribution is -2.32. The lowest BCUT2D eigenvalue weighted by atomic mass is 9.96. The average molecular weight is 234 g/mol. The monoisotopic (exact) mass is 234 g/mol. The number of methoxy groups -OCH3 is 2. The van der Waals surface area contributed by atoms with Gasteiger partial charge in [-0.15, -0.1) is 0 Å². The van der Waals surface area contributed by atoms with Crippen molar-refractivity contribution in [2.24, 2.45) is 11.8 Å². The minimum absolute atomic E-state index is 0.205. The van der Waals surface area contributed by atoms with Crippen molar-refractivity contribution in [3.05, 3.63) is 35.9 Å². The Bertz CT molecular complexity index is 387. The number of ether oxygens (including phenoxy) is 2. The molecular weight excluding hydrogens is 212 g/mol. The van der Waals surface area contributed by atoms with E-state index in [9.17, 15) is 0 Å². The Hall–Kier alpha value is -0.860. The van der Waals surface area contributed by atoms with Crippen LogP contribution in [-0.2, 0) is 15.1 Å². The van der Waals surface area contributed by atoms with E-state index >= 15 is 0 Å². The first kappa shape index (κ1) is 12.6. The second kappa shape index (κ2) is 4.11. The van der Waals surface area contributed by atoms with Crippen LogP contribution in [0.1, 0.15) is 26.3 Å². The highest BCUT2D eigenvalue weighted by Gasteiger charge is 2.78. The van der Waals surface area contributed by atoms with E-state index in [1.54, 1.807) is 14.2 Å². The van der Waals surface area contributed by atoms with Crippen LogP contribution < -0.4 is 0 Å². The predicted octanol–water partition coefficient (Wildman–Crippen LogP) is 3.22. The van der Waals surface area contributed by atoms with Gasteiger partial charge in [-0.05, 0) is 11.5 Å². The standard InChI is InChI=1S/C15H22O2/c1-11(2)14(16-4)12(3)15(14,17-5)13-9-7-6-8-10-13/h6-12H,1-5H3/t12-,14+,15+/m1/s1. The van der Waals surface area contributed by atoms with E-state index < -0.39 is 0 Å². The van der Waals surface area contributed by atoms with E-state index in [1.165, 1.54) is 5.56 Å². The highest BCUT2D eigenvalue weighted by Crippen LogP contribution is 2.68. The Morgan fingerprint density at radius 2 is 1.65 bits per heavy atom. The molecule has 0 radical (unpaired) electrons. The Kier molecular flexibility index (Phi) is 3.04. The van der Waals surface area contributed by atoms with Gasteiger partial charge in [0.05, 0.1) is 0 Å². The zero-order valence-electron chi connectivity index (χ0n) is 11.4. The van der Waals surface area contributed by atoms with E-state index in [0.29, 0.717) is 11.8 Å². The molecule has 1 aliphatic rings. The first-order valence-electron chi connectivity index (χ1n) is 6.23. The minimum atomic E-state index is -0.294. The molecule has 0 spiro atoms. The molecule has 1 saturated carbocycles. The molecule has 94 valence electrons. The second-order valence-electron chi connectivity index (χ2n) is 5.18. The largest absolute Gasteiger partial charge is 0.374 e. The van der Waals surface area contributed by atoms with Crippen LogP contribution in [0.25, 0.3) is 0 Å². The number of rotatable bonds is 4. The van der Waals surface area contributed by atoms with Gasteiger partial charge in [-0.1, -0.05) is 51.1 Å². The maximum atomic E-state index is 5.89. The normalized spacial score (nSPS) is 36.2. The molecule has 1 aliphatic carbocycles. The fourth-order valence-corrected chi connectivity index (χ4v) is 3.73. The molecule has 2 nitrogen and oxygen atoms in total. The third-order valence-corrected chi connectivity index (χ3v) is 4.47. The molecule has 0 saturated heterocycles. The van der Waals surface area contributed by atoms with Crippen molar-refractivity contribution < 1.29 is 9.47 Å². The van der Waals surface area contributed by atoms with Crippen LogP contribution in [0.2, 0.25) is 0 Å². The quantitative estimate of drug-likeness (QED) is 0.796. The lowest BCUT2D eigenvalue weighted by molar-refractivity contribution is -0.0612. The summed E-state index contributed by atoms with van der Waals surface area (Å²) in [5.41, 5.74) is 0.714. The van der Waals surface area contributed by atoms with Gasteiger partial charge in [0.15, 0.2) is 0 Å². The second-order valence-corrected chi connectivity index (χ2v) is 5.18. The summed E-state index contributed by atoms with van der Waals surface area (Å²) < 4.78 is 11.7. The summed E-state index contributed by atoms with van der Waals surface area (Å²) in [6.45, 7) is 6.60. The van der Waals surface area contributed by atoms with E-state index in [2.05, 4.69) is 45.0 Å². The van der Waals surface area contributed by atoms with Crippen LogP contribution in [0.3, 0.4) is 0 Å². The van der Waals surface area contributed by atoms with Crippen LogP contribution in [0.4, 0.5) is 0 Å². The van der Waals surface area contributed by atoms with E-state index in [0.717, 1.165) is 0 Å². The third-order valence-electron chi connectivity index (χ3n) is 4.47. The lowest BCUT2D eigenvalue weighted by Gasteiger charge is -2.27. The Morgan fingerprint density at radius 3 is 2.00 bits per heavy atom. The maximum absolute atomic E-state index is 5.89. The van der Waals surface area contributed by atoms with Crippen molar-refractivity contribution in [2.45, 2.75) is 32.0 Å². The smallest absolute Gasteiger partial charge is 0.128 e. The van der Waals surface area contributed by atoms with Crippen molar-refractivity contribution in [1.82, 2.24) is 0 Å². The highest BCUT2D eigenvalue weighted by atomic mass is 16.6. The first-order valence-corrected chi connectivity index (χ1v) is 6.23. The van der Waals surface area contributed by atoms with E-state index in [1.807, 2.05) is 6.07 Å². The molecule has 0 heterocycles. The zero-order chi connectivity index (χ0) is 12.7. The highest BCUT2D eigenvalue weighted by molar-refractivity contribution is 5.40. The van der Waals surface area contributed by atoms with Gasteiger partial charge in [-0.25, -0.2) is 0 Å². The molecule has 1 aromatic rings. The Morgan fingerprint density at radius 1 is 1.06 bits per heavy atom. The molecule has 2 rings (SSSR count). The van der Waals surface area contributed by atoms with Crippen LogP contribution in [0.15, 0.2) is 30.3 Å². The van der Waals surface area contributed by atoms with Gasteiger partial charge >= 0.3 is 0 Å². The minimum Gasteiger partial charge on any atom is -0.374 e. The molecule has 0 unspecified atom stereocenters. The fraction of sp³-hybridized carbons (Fsp3) is 0.600. The summed E-state index contributed by atoms with van der Waals surface area (Å²) in [6, 6.07) is 10.4. The molecule has 1 fully saturated rings. The molecule has 0 aliphatic heterocycles. The SMILES string of the molecule is CO[C@]1(c2ccccc2)[C@H](C)[C@@]1(OC)C(C)C. The van der Waals surface area contributed by atoms with Gasteiger partial charge in [0, 0.05) is 20.1 Å². The first-order chi connectivity index (χ1) is 8.07. The van der Waals surface area contributed by atoms with Gasteiger partial charge in [-0.3, -0.25) is 0 Å². The zero-order valence-corrected chi connectivity index (χ0v) is 11.4. The van der Waals surface area contributed by atoms with Crippen LogP contribution >= 0.6 is 0 Å². The van der Waals surface area contributed by atoms with Crippen molar-refractivity contribution in [2.75, 3.05) is 14.2 Å². The van der Waals surface area contributed by atoms with Gasteiger partial charge in [0.1, 0.15) is 11.2 Å². The van der Waals surface area contributed by atoms with Crippen molar-refractivity contribution >= 4 is 0 Å². The summed E-state index contributed by atoms with van der Waals surface area (Å²) in [5, 5.41) is 0. The molecule has 2 heteroatoms. The third kappa shape index (κ3) is 1.34. The summed E-state index contributed by atoms with van der Waals surface area (Å²) >= 11 is 0. The van der Waals surface area contributed by atoms with Gasteiger partial charge in [-0.2, -0.15) is 0 Å². The van der Waals surface area contributed by atoms with E-state index in [4.69, 9.17) is 9.47 Å².